The highest BCUT2D eigenvalue weighted by atomic mass is 32.1. The molecular formula is C12H15N3OS. The van der Waals surface area contributed by atoms with Gasteiger partial charge in [-0.25, -0.2) is 0 Å². The Morgan fingerprint density at radius 2 is 2.41 bits per heavy atom. The van der Waals surface area contributed by atoms with Crippen molar-refractivity contribution in [2.24, 2.45) is 0 Å². The lowest BCUT2D eigenvalue weighted by atomic mass is 10.1. The van der Waals surface area contributed by atoms with Gasteiger partial charge in [0.05, 0.1) is 12.0 Å². The van der Waals surface area contributed by atoms with Crippen molar-refractivity contribution in [3.63, 3.8) is 0 Å². The van der Waals surface area contributed by atoms with Crippen LogP contribution in [0.4, 0.5) is 0 Å². The highest BCUT2D eigenvalue weighted by Gasteiger charge is 2.13. The molecule has 2 rings (SSSR count). The molecule has 0 aliphatic carbocycles. The summed E-state index contributed by atoms with van der Waals surface area (Å²) >= 11 is 1.68. The van der Waals surface area contributed by atoms with Crippen LogP contribution >= 0.6 is 11.3 Å². The van der Waals surface area contributed by atoms with Crippen LogP contribution in [0.3, 0.4) is 0 Å². The van der Waals surface area contributed by atoms with Crippen LogP contribution in [-0.4, -0.2) is 23.2 Å². The van der Waals surface area contributed by atoms with E-state index >= 15 is 0 Å². The highest BCUT2D eigenvalue weighted by Crippen LogP contribution is 2.28. The van der Waals surface area contributed by atoms with Gasteiger partial charge < -0.3 is 4.74 Å². The van der Waals surface area contributed by atoms with Crippen molar-refractivity contribution in [2.75, 3.05) is 7.11 Å². The second-order valence-electron chi connectivity index (χ2n) is 3.78. The van der Waals surface area contributed by atoms with Gasteiger partial charge in [0, 0.05) is 17.7 Å². The van der Waals surface area contributed by atoms with Gasteiger partial charge >= 0.3 is 0 Å². The number of thiophene rings is 1. The largest absolute Gasteiger partial charge is 0.484 e. The lowest BCUT2D eigenvalue weighted by Crippen LogP contribution is -2.01. The monoisotopic (exact) mass is 249 g/mol. The summed E-state index contributed by atoms with van der Waals surface area (Å²) in [5.74, 6) is 0.308. The smallest absolute Gasteiger partial charge is 0.180 e. The van der Waals surface area contributed by atoms with E-state index < -0.39 is 0 Å². The third-order valence-electron chi connectivity index (χ3n) is 2.68. The lowest BCUT2D eigenvalue weighted by molar-refractivity contribution is 0.386. The number of rotatable bonds is 4. The summed E-state index contributed by atoms with van der Waals surface area (Å²) in [4.78, 5) is 1.16. The van der Waals surface area contributed by atoms with E-state index in [4.69, 9.17) is 10.1 Å². The first kappa shape index (κ1) is 11.9. The minimum Gasteiger partial charge on any atom is -0.484 e. The van der Waals surface area contributed by atoms with Gasteiger partial charge in [-0.15, -0.1) is 11.3 Å². The Balaban J connectivity index is 2.21. The van der Waals surface area contributed by atoms with Crippen LogP contribution in [0.5, 0.6) is 0 Å². The molecule has 0 unspecified atom stereocenters. The number of hydrogen-bond donors (Lipinski definition) is 2. The molecule has 0 bridgehead atoms. The number of H-pyrrole nitrogens is 1. The van der Waals surface area contributed by atoms with E-state index in [9.17, 15) is 0 Å². The summed E-state index contributed by atoms with van der Waals surface area (Å²) in [6, 6.07) is 4.08. The average molecular weight is 249 g/mol. The number of ether oxygens (including phenoxy) is 1. The molecule has 0 atom stereocenters. The minimum atomic E-state index is 0.308. The SMILES string of the molecule is COC(=N)CCc1c(-c2cccs2)n[nH]c1C. The van der Waals surface area contributed by atoms with Gasteiger partial charge in [-0.1, -0.05) is 6.07 Å². The summed E-state index contributed by atoms with van der Waals surface area (Å²) in [6.07, 6.45) is 1.39. The van der Waals surface area contributed by atoms with Gasteiger partial charge in [0.2, 0.25) is 0 Å². The lowest BCUT2D eigenvalue weighted by Gasteiger charge is -2.03. The molecule has 0 fully saturated rings. The van der Waals surface area contributed by atoms with Crippen LogP contribution in [-0.2, 0) is 11.2 Å². The summed E-state index contributed by atoms with van der Waals surface area (Å²) in [5.41, 5.74) is 3.24. The number of aromatic nitrogens is 2. The summed E-state index contributed by atoms with van der Waals surface area (Å²) in [7, 11) is 1.53. The molecule has 90 valence electrons. The molecule has 0 radical (unpaired) electrons. The van der Waals surface area contributed by atoms with Gasteiger partial charge in [-0.05, 0) is 24.8 Å². The molecule has 0 saturated heterocycles. The fourth-order valence-electron chi connectivity index (χ4n) is 1.72. The fourth-order valence-corrected chi connectivity index (χ4v) is 2.46. The Labute approximate surface area is 104 Å². The zero-order chi connectivity index (χ0) is 12.3. The fraction of sp³-hybridized carbons (Fsp3) is 0.333. The number of nitrogens with zero attached hydrogens (tertiary/aromatic N) is 1. The molecule has 2 N–H and O–H groups in total. The van der Waals surface area contributed by atoms with Crippen molar-refractivity contribution in [1.82, 2.24) is 10.2 Å². The number of nitrogens with one attached hydrogen (secondary N) is 2. The first-order chi connectivity index (χ1) is 8.22. The van der Waals surface area contributed by atoms with Crippen molar-refractivity contribution < 1.29 is 4.74 Å². The Hall–Kier alpha value is -1.62. The maximum Gasteiger partial charge on any atom is 0.180 e. The Morgan fingerprint density at radius 1 is 1.59 bits per heavy atom. The molecular weight excluding hydrogens is 234 g/mol. The molecule has 2 aromatic rings. The van der Waals surface area contributed by atoms with Crippen molar-refractivity contribution in [1.29, 1.82) is 5.41 Å². The van der Waals surface area contributed by atoms with Crippen molar-refractivity contribution >= 4 is 17.2 Å². The quantitative estimate of drug-likeness (QED) is 0.646. The van der Waals surface area contributed by atoms with Crippen molar-refractivity contribution in [2.45, 2.75) is 19.8 Å². The van der Waals surface area contributed by atoms with E-state index in [0.29, 0.717) is 12.3 Å². The molecule has 0 spiro atoms. The molecule has 5 heteroatoms. The van der Waals surface area contributed by atoms with Crippen LogP contribution in [0.1, 0.15) is 17.7 Å². The van der Waals surface area contributed by atoms with E-state index in [2.05, 4.69) is 16.3 Å². The average Bonchev–Trinajstić information content (AvgIpc) is 2.95. The molecule has 0 aliphatic heterocycles. The number of aromatic amines is 1. The highest BCUT2D eigenvalue weighted by molar-refractivity contribution is 7.13. The summed E-state index contributed by atoms with van der Waals surface area (Å²) < 4.78 is 4.87. The molecule has 17 heavy (non-hydrogen) atoms. The Bertz CT molecular complexity index is 502. The third-order valence-corrected chi connectivity index (χ3v) is 3.55. The number of hydrogen-bond acceptors (Lipinski definition) is 4. The Kier molecular flexibility index (Phi) is 3.58. The molecule has 2 aromatic heterocycles. The van der Waals surface area contributed by atoms with Gasteiger partial charge in [-0.3, -0.25) is 10.5 Å². The predicted molar refractivity (Wildman–Crippen MR) is 69.7 cm³/mol. The second-order valence-corrected chi connectivity index (χ2v) is 4.73. The maximum absolute atomic E-state index is 7.51. The van der Waals surface area contributed by atoms with Crippen molar-refractivity contribution in [3.8, 4) is 10.6 Å². The van der Waals surface area contributed by atoms with Crippen LogP contribution in [0.15, 0.2) is 17.5 Å². The second kappa shape index (κ2) is 5.14. The zero-order valence-corrected chi connectivity index (χ0v) is 10.7. The van der Waals surface area contributed by atoms with E-state index in [0.717, 1.165) is 22.7 Å². The van der Waals surface area contributed by atoms with Gasteiger partial charge in [0.1, 0.15) is 5.69 Å². The topological polar surface area (TPSA) is 61.8 Å². The van der Waals surface area contributed by atoms with Gasteiger partial charge in [0.15, 0.2) is 5.90 Å². The third kappa shape index (κ3) is 2.55. The van der Waals surface area contributed by atoms with E-state index in [1.165, 1.54) is 12.7 Å². The summed E-state index contributed by atoms with van der Waals surface area (Å²) in [5, 5.41) is 16.9. The van der Waals surface area contributed by atoms with Gasteiger partial charge in [-0.2, -0.15) is 5.10 Å². The first-order valence-corrected chi connectivity index (χ1v) is 6.29. The molecule has 0 aliphatic rings. The van der Waals surface area contributed by atoms with E-state index in [1.807, 2.05) is 18.4 Å². The zero-order valence-electron chi connectivity index (χ0n) is 9.91. The van der Waals surface area contributed by atoms with Crippen LogP contribution in [0, 0.1) is 12.3 Å². The first-order valence-electron chi connectivity index (χ1n) is 5.41. The molecule has 4 nitrogen and oxygen atoms in total. The van der Waals surface area contributed by atoms with E-state index in [1.54, 1.807) is 11.3 Å². The van der Waals surface area contributed by atoms with E-state index in [-0.39, 0.29) is 0 Å². The standard InChI is InChI=1S/C12H15N3OS/c1-8-9(5-6-11(13)16-2)12(15-14-8)10-4-3-7-17-10/h3-4,7,13H,5-6H2,1-2H3,(H,14,15). The number of aryl methyl sites for hydroxylation is 1. The predicted octanol–water partition coefficient (Wildman–Crippen LogP) is 3.00. The maximum atomic E-state index is 7.51. The number of methoxy groups -OCH3 is 1. The molecule has 0 amide bonds. The van der Waals surface area contributed by atoms with Crippen LogP contribution < -0.4 is 0 Å². The molecule has 0 aromatic carbocycles. The summed E-state index contributed by atoms with van der Waals surface area (Å²) in [6.45, 7) is 2.01. The van der Waals surface area contributed by atoms with Crippen LogP contribution in [0.2, 0.25) is 0 Å². The molecule has 0 saturated carbocycles. The molecule has 2 heterocycles. The minimum absolute atomic E-state index is 0.308. The normalized spacial score (nSPS) is 10.5. The van der Waals surface area contributed by atoms with Gasteiger partial charge in [0.25, 0.3) is 0 Å². The van der Waals surface area contributed by atoms with Crippen molar-refractivity contribution in [3.05, 3.63) is 28.8 Å². The van der Waals surface area contributed by atoms with Crippen LogP contribution in [0.25, 0.3) is 10.6 Å². The Morgan fingerprint density at radius 3 is 3.06 bits per heavy atom.